The van der Waals surface area contributed by atoms with Crippen molar-refractivity contribution in [1.29, 1.82) is 0 Å². The zero-order chi connectivity index (χ0) is 21.0. The molecule has 0 aliphatic heterocycles. The summed E-state index contributed by atoms with van der Waals surface area (Å²) in [5.74, 6) is 4.37. The van der Waals surface area contributed by atoms with Crippen molar-refractivity contribution in [2.75, 3.05) is 18.8 Å². The predicted octanol–water partition coefficient (Wildman–Crippen LogP) is 6.20. The van der Waals surface area contributed by atoms with Crippen LogP contribution < -0.4 is 0 Å². The lowest BCUT2D eigenvalue weighted by Gasteiger charge is -2.30. The molecule has 1 aromatic heterocycles. The summed E-state index contributed by atoms with van der Waals surface area (Å²) in [6.45, 7) is 8.92. The molecule has 0 saturated heterocycles. The van der Waals surface area contributed by atoms with Gasteiger partial charge in [-0.15, -0.1) is 0 Å². The van der Waals surface area contributed by atoms with Crippen LogP contribution in [0, 0.1) is 25.0 Å². The van der Waals surface area contributed by atoms with E-state index in [9.17, 15) is 0 Å². The third-order valence-electron chi connectivity index (χ3n) is 5.59. The number of aromatic amines is 1. The van der Waals surface area contributed by atoms with Crippen LogP contribution in [0.3, 0.4) is 0 Å². The highest BCUT2D eigenvalue weighted by atomic mass is 32.3. The minimum Gasteiger partial charge on any atom is -0.341 e. The normalized spacial score (nSPS) is 15.1. The lowest BCUT2D eigenvalue weighted by atomic mass is 9.74. The van der Waals surface area contributed by atoms with Gasteiger partial charge >= 0.3 is 0 Å². The first-order valence-electron chi connectivity index (χ1n) is 10.1. The Kier molecular flexibility index (Phi) is 4.67. The van der Waals surface area contributed by atoms with Gasteiger partial charge in [0.05, 0.1) is 5.69 Å². The summed E-state index contributed by atoms with van der Waals surface area (Å²) in [6, 6.07) is 13.0. The number of aromatic nitrogens is 2. The first-order valence-corrected chi connectivity index (χ1v) is 12.9. The monoisotopic (exact) mass is 402 g/mol. The molecular weight excluding hydrogens is 372 g/mol. The molecule has 0 bridgehead atoms. The maximum atomic E-state index is 5.11. The molecule has 2 aromatic carbocycles. The van der Waals surface area contributed by atoms with E-state index in [1.807, 2.05) is 0 Å². The summed E-state index contributed by atoms with van der Waals surface area (Å²) in [5, 5.41) is 3.43. The van der Waals surface area contributed by atoms with E-state index in [1.165, 1.54) is 33.5 Å². The second-order valence-corrected chi connectivity index (χ2v) is 13.5. The fourth-order valence-corrected chi connectivity index (χ4v) is 4.61. The number of rotatable bonds is 1. The molecule has 3 heteroatoms. The zero-order valence-electron chi connectivity index (χ0n) is 18.5. The van der Waals surface area contributed by atoms with Gasteiger partial charge in [0, 0.05) is 27.8 Å². The van der Waals surface area contributed by atoms with E-state index in [-0.39, 0.29) is 5.41 Å². The summed E-state index contributed by atoms with van der Waals surface area (Å²) in [5.41, 5.74) is 9.75. The molecule has 4 rings (SSSR count). The molecule has 0 unspecified atom stereocenters. The van der Waals surface area contributed by atoms with Crippen molar-refractivity contribution in [2.45, 2.75) is 39.5 Å². The Hall–Kier alpha value is -2.44. The molecule has 0 saturated carbocycles. The summed E-state index contributed by atoms with van der Waals surface area (Å²) < 4.78 is 0. The van der Waals surface area contributed by atoms with E-state index in [2.05, 4.69) is 99.0 Å². The Morgan fingerprint density at radius 3 is 2.38 bits per heavy atom. The van der Waals surface area contributed by atoms with Crippen LogP contribution in [0.1, 0.15) is 41.8 Å². The molecule has 0 fully saturated rings. The Morgan fingerprint density at radius 1 is 1.03 bits per heavy atom. The van der Waals surface area contributed by atoms with Crippen molar-refractivity contribution in [3.05, 3.63) is 64.3 Å². The van der Waals surface area contributed by atoms with Crippen LogP contribution in [-0.2, 0) is 11.8 Å². The number of benzene rings is 2. The third-order valence-corrected chi connectivity index (χ3v) is 6.31. The van der Waals surface area contributed by atoms with E-state index < -0.39 is 10.0 Å². The maximum absolute atomic E-state index is 5.11. The van der Waals surface area contributed by atoms with E-state index in [0.29, 0.717) is 0 Å². The Morgan fingerprint density at radius 2 is 1.72 bits per heavy atom. The molecular formula is C26H30N2S. The molecule has 3 aromatic rings. The molecule has 0 atom stereocenters. The standard InChI is InChI=1S/C26H30N2S/c1-17-9-8-10-18(2)22(17)25-27-23-21-12-11-19(13-14-29(5,6)7)15-20(21)16-26(3,4)24(23)28-25/h8-12,15H,16H2,1-7H3,(H,27,28). The van der Waals surface area contributed by atoms with E-state index in [1.54, 1.807) is 0 Å². The van der Waals surface area contributed by atoms with E-state index in [0.717, 1.165) is 23.5 Å². The van der Waals surface area contributed by atoms with Crippen molar-refractivity contribution in [1.82, 2.24) is 9.97 Å². The zero-order valence-corrected chi connectivity index (χ0v) is 19.3. The molecule has 1 aliphatic rings. The summed E-state index contributed by atoms with van der Waals surface area (Å²) >= 11 is 0. The molecule has 29 heavy (non-hydrogen) atoms. The molecule has 150 valence electrons. The van der Waals surface area contributed by atoms with Gasteiger partial charge in [-0.3, -0.25) is 0 Å². The van der Waals surface area contributed by atoms with E-state index in [4.69, 9.17) is 4.98 Å². The molecule has 2 nitrogen and oxygen atoms in total. The Bertz CT molecular complexity index is 1140. The number of nitrogens with one attached hydrogen (secondary N) is 1. The van der Waals surface area contributed by atoms with Gasteiger partial charge in [0.15, 0.2) is 0 Å². The van der Waals surface area contributed by atoms with Gasteiger partial charge in [-0.05, 0) is 73.1 Å². The smallest absolute Gasteiger partial charge is 0.138 e. The number of H-pyrrole nitrogens is 1. The van der Waals surface area contributed by atoms with Crippen LogP contribution in [-0.4, -0.2) is 28.7 Å². The van der Waals surface area contributed by atoms with Crippen LogP contribution >= 0.6 is 10.0 Å². The number of hydrogen-bond donors (Lipinski definition) is 1. The fraction of sp³-hybridized carbons (Fsp3) is 0.346. The SMILES string of the molecule is Cc1cccc(C)c1-c1nc2c([nH]1)C(C)(C)Cc1cc(C#CS(C)(C)C)ccc1-2. The average Bonchev–Trinajstić information content (AvgIpc) is 3.05. The summed E-state index contributed by atoms with van der Waals surface area (Å²) in [7, 11) is -0.829. The maximum Gasteiger partial charge on any atom is 0.138 e. The van der Waals surface area contributed by atoms with Gasteiger partial charge in [-0.1, -0.05) is 44.0 Å². The minimum absolute atomic E-state index is 0.00546. The number of aryl methyl sites for hydroxylation is 2. The highest BCUT2D eigenvalue weighted by molar-refractivity contribution is 8.35. The molecule has 1 N–H and O–H groups in total. The lowest BCUT2D eigenvalue weighted by molar-refractivity contribution is 0.503. The van der Waals surface area contributed by atoms with Gasteiger partial charge < -0.3 is 4.98 Å². The van der Waals surface area contributed by atoms with Gasteiger partial charge in [0.25, 0.3) is 0 Å². The number of imidazole rings is 1. The predicted molar refractivity (Wildman–Crippen MR) is 128 cm³/mol. The second-order valence-electron chi connectivity index (χ2n) is 9.57. The quantitative estimate of drug-likeness (QED) is 0.483. The molecule has 0 radical (unpaired) electrons. The van der Waals surface area contributed by atoms with Crippen molar-refractivity contribution >= 4 is 10.0 Å². The molecule has 1 aliphatic carbocycles. The third kappa shape index (κ3) is 3.74. The second kappa shape index (κ2) is 6.82. The van der Waals surface area contributed by atoms with Crippen LogP contribution in [0.4, 0.5) is 0 Å². The summed E-state index contributed by atoms with van der Waals surface area (Å²) in [4.78, 5) is 8.79. The van der Waals surface area contributed by atoms with Gasteiger partial charge in [-0.2, -0.15) is 10.0 Å². The number of nitrogens with zero attached hydrogens (tertiary/aromatic N) is 1. The van der Waals surface area contributed by atoms with Crippen molar-refractivity contribution in [3.8, 4) is 33.8 Å². The number of fused-ring (bicyclic) bond motifs is 3. The highest BCUT2D eigenvalue weighted by Crippen LogP contribution is 2.43. The lowest BCUT2D eigenvalue weighted by Crippen LogP contribution is -2.26. The highest BCUT2D eigenvalue weighted by Gasteiger charge is 2.34. The van der Waals surface area contributed by atoms with Crippen molar-refractivity contribution in [2.24, 2.45) is 0 Å². The first-order chi connectivity index (χ1) is 13.5. The van der Waals surface area contributed by atoms with Crippen LogP contribution in [0.15, 0.2) is 36.4 Å². The number of hydrogen-bond acceptors (Lipinski definition) is 1. The largest absolute Gasteiger partial charge is 0.341 e. The molecule has 1 heterocycles. The van der Waals surface area contributed by atoms with Crippen LogP contribution in [0.25, 0.3) is 22.6 Å². The van der Waals surface area contributed by atoms with Crippen LogP contribution in [0.5, 0.6) is 0 Å². The topological polar surface area (TPSA) is 28.7 Å². The van der Waals surface area contributed by atoms with Gasteiger partial charge in [0.1, 0.15) is 5.82 Å². The van der Waals surface area contributed by atoms with Gasteiger partial charge in [-0.25, -0.2) is 4.98 Å². The Balaban J connectivity index is 1.85. The average molecular weight is 403 g/mol. The van der Waals surface area contributed by atoms with Crippen molar-refractivity contribution in [3.63, 3.8) is 0 Å². The van der Waals surface area contributed by atoms with Crippen molar-refractivity contribution < 1.29 is 0 Å². The molecule has 0 spiro atoms. The first kappa shape index (κ1) is 19.9. The minimum atomic E-state index is -0.829. The van der Waals surface area contributed by atoms with Crippen LogP contribution in [0.2, 0.25) is 0 Å². The summed E-state index contributed by atoms with van der Waals surface area (Å²) in [6.07, 6.45) is 7.67. The van der Waals surface area contributed by atoms with Gasteiger partial charge in [0.2, 0.25) is 0 Å². The fourth-order valence-electron chi connectivity index (χ4n) is 4.19. The Labute approximate surface area is 176 Å². The molecule has 0 amide bonds. The van der Waals surface area contributed by atoms with E-state index >= 15 is 0 Å².